The third kappa shape index (κ3) is 4.01. The lowest BCUT2D eigenvalue weighted by atomic mass is 10.2. The van der Waals surface area contributed by atoms with Gasteiger partial charge in [0.25, 0.3) is 5.91 Å². The van der Waals surface area contributed by atoms with Gasteiger partial charge in [-0.15, -0.1) is 0 Å². The molecule has 0 saturated heterocycles. The number of nitro groups is 1. The van der Waals surface area contributed by atoms with Crippen LogP contribution in [0.25, 0.3) is 10.9 Å². The number of hydrogen-bond acceptors (Lipinski definition) is 5. The summed E-state index contributed by atoms with van der Waals surface area (Å²) in [6.07, 6.45) is 2.11. The maximum atomic E-state index is 12.4. The molecule has 1 N–H and O–H groups in total. The Balaban J connectivity index is 1.74. The number of hydrogen-bond donors (Lipinski definition) is 1. The van der Waals surface area contributed by atoms with E-state index in [4.69, 9.17) is 4.74 Å². The number of carbonyl (C=O) groups is 1. The Morgan fingerprint density at radius 2 is 2.07 bits per heavy atom. The summed E-state index contributed by atoms with van der Waals surface area (Å²) in [6, 6.07) is 14.0. The predicted molar refractivity (Wildman–Crippen MR) is 107 cm³/mol. The van der Waals surface area contributed by atoms with Crippen LogP contribution in [0.4, 0.5) is 5.69 Å². The lowest BCUT2D eigenvalue weighted by Gasteiger charge is -2.06. The normalized spacial score (nSPS) is 11.1. The van der Waals surface area contributed by atoms with E-state index < -0.39 is 4.92 Å². The summed E-state index contributed by atoms with van der Waals surface area (Å²) in [7, 11) is 1.80. The zero-order valence-electron chi connectivity index (χ0n) is 15.6. The molecule has 2 aromatic carbocycles. The van der Waals surface area contributed by atoms with E-state index >= 15 is 0 Å². The van der Waals surface area contributed by atoms with Crippen LogP contribution < -0.4 is 10.2 Å². The summed E-state index contributed by atoms with van der Waals surface area (Å²) < 4.78 is 7.17. The number of hydrazone groups is 1. The number of para-hydroxylation sites is 1. The Morgan fingerprint density at radius 1 is 1.29 bits per heavy atom. The fourth-order valence-electron chi connectivity index (χ4n) is 2.82. The summed E-state index contributed by atoms with van der Waals surface area (Å²) in [5.74, 6) is -0.157. The molecule has 144 valence electrons. The van der Waals surface area contributed by atoms with Gasteiger partial charge < -0.3 is 9.30 Å². The maximum absolute atomic E-state index is 12.4. The fraction of sp³-hybridized carbons (Fsp3) is 0.200. The second-order valence-corrected chi connectivity index (χ2v) is 6.18. The van der Waals surface area contributed by atoms with Crippen molar-refractivity contribution in [3.63, 3.8) is 0 Å². The zero-order chi connectivity index (χ0) is 20.1. The summed E-state index contributed by atoms with van der Waals surface area (Å²) in [5.41, 5.74) is 4.20. The molecule has 0 radical (unpaired) electrons. The molecule has 0 aliphatic carbocycles. The molecule has 3 aromatic rings. The molecule has 0 unspecified atom stereocenters. The lowest BCUT2D eigenvalue weighted by molar-refractivity contribution is -0.385. The number of amides is 1. The Kier molecular flexibility index (Phi) is 5.69. The van der Waals surface area contributed by atoms with Crippen molar-refractivity contribution in [3.8, 4) is 5.75 Å². The average Bonchev–Trinajstić information content (AvgIpc) is 3.03. The van der Waals surface area contributed by atoms with E-state index in [1.165, 1.54) is 18.3 Å². The van der Waals surface area contributed by atoms with Crippen molar-refractivity contribution >= 4 is 28.7 Å². The minimum Gasteiger partial charge on any atom is -0.487 e. The van der Waals surface area contributed by atoms with Gasteiger partial charge in [-0.05, 0) is 30.7 Å². The molecule has 0 aliphatic heterocycles. The van der Waals surface area contributed by atoms with Gasteiger partial charge in [-0.3, -0.25) is 14.9 Å². The molecule has 1 aromatic heterocycles. The molecule has 28 heavy (non-hydrogen) atoms. The molecule has 0 fully saturated rings. The van der Waals surface area contributed by atoms with E-state index in [1.54, 1.807) is 23.7 Å². The van der Waals surface area contributed by atoms with E-state index in [2.05, 4.69) is 10.5 Å². The van der Waals surface area contributed by atoms with Crippen LogP contribution in [-0.2, 0) is 7.05 Å². The number of nitrogens with one attached hydrogen (secondary N) is 1. The monoisotopic (exact) mass is 380 g/mol. The molecule has 0 saturated carbocycles. The number of benzene rings is 2. The second-order valence-electron chi connectivity index (χ2n) is 6.18. The van der Waals surface area contributed by atoms with Crippen LogP contribution >= 0.6 is 0 Å². The van der Waals surface area contributed by atoms with Gasteiger partial charge in [0.05, 0.1) is 17.7 Å². The van der Waals surface area contributed by atoms with E-state index in [-0.39, 0.29) is 17.3 Å². The average molecular weight is 380 g/mol. The van der Waals surface area contributed by atoms with Crippen molar-refractivity contribution in [1.29, 1.82) is 0 Å². The highest BCUT2D eigenvalue weighted by molar-refractivity contribution is 5.99. The molecule has 1 heterocycles. The molecule has 8 nitrogen and oxygen atoms in total. The van der Waals surface area contributed by atoms with Gasteiger partial charge in [0.2, 0.25) is 0 Å². The number of aryl methyl sites for hydroxylation is 1. The molecular formula is C20H20N4O4. The van der Waals surface area contributed by atoms with Crippen molar-refractivity contribution in [3.05, 3.63) is 69.9 Å². The van der Waals surface area contributed by atoms with Crippen molar-refractivity contribution < 1.29 is 14.5 Å². The highest BCUT2D eigenvalue weighted by atomic mass is 16.6. The molecule has 0 bridgehead atoms. The van der Waals surface area contributed by atoms with Crippen LogP contribution in [-0.4, -0.2) is 28.2 Å². The van der Waals surface area contributed by atoms with Crippen LogP contribution in [0.3, 0.4) is 0 Å². The SMILES string of the molecule is CCCOc1ccc(/C=N/NC(=O)c2cc3ccccc3n2C)cc1[N+](=O)[O-]. The second kappa shape index (κ2) is 8.34. The van der Waals surface area contributed by atoms with Crippen LogP contribution in [0.5, 0.6) is 5.75 Å². The number of nitro benzene ring substituents is 1. The predicted octanol–water partition coefficient (Wildman–Crippen LogP) is 3.64. The summed E-state index contributed by atoms with van der Waals surface area (Å²) in [4.78, 5) is 23.1. The van der Waals surface area contributed by atoms with Gasteiger partial charge in [0, 0.05) is 29.6 Å². The molecule has 8 heteroatoms. The van der Waals surface area contributed by atoms with Gasteiger partial charge in [-0.2, -0.15) is 5.10 Å². The largest absolute Gasteiger partial charge is 0.487 e. The van der Waals surface area contributed by atoms with Crippen molar-refractivity contribution in [1.82, 2.24) is 9.99 Å². The van der Waals surface area contributed by atoms with Crippen LogP contribution in [0.15, 0.2) is 53.6 Å². The Labute approximate surface area is 161 Å². The maximum Gasteiger partial charge on any atom is 0.311 e. The third-order valence-corrected chi connectivity index (χ3v) is 4.21. The van der Waals surface area contributed by atoms with Gasteiger partial charge in [0.1, 0.15) is 5.69 Å². The first kappa shape index (κ1) is 19.1. The van der Waals surface area contributed by atoms with Gasteiger partial charge in [0.15, 0.2) is 5.75 Å². The minimum absolute atomic E-state index is 0.141. The first-order chi connectivity index (χ1) is 13.5. The molecule has 1 amide bonds. The summed E-state index contributed by atoms with van der Waals surface area (Å²) in [5, 5.41) is 16.1. The Bertz CT molecular complexity index is 1060. The van der Waals surface area contributed by atoms with E-state index in [1.807, 2.05) is 31.2 Å². The summed E-state index contributed by atoms with van der Waals surface area (Å²) >= 11 is 0. The molecule has 0 atom stereocenters. The van der Waals surface area contributed by atoms with E-state index in [0.29, 0.717) is 17.9 Å². The number of nitrogens with zero attached hydrogens (tertiary/aromatic N) is 3. The quantitative estimate of drug-likeness (QED) is 0.384. The molecule has 0 aliphatic rings. The van der Waals surface area contributed by atoms with Gasteiger partial charge in [-0.1, -0.05) is 25.1 Å². The first-order valence-electron chi connectivity index (χ1n) is 8.80. The standard InChI is InChI=1S/C20H20N4O4/c1-3-10-28-19-9-8-14(11-17(19)24(26)27)13-21-22-20(25)18-12-15-6-4-5-7-16(15)23(18)2/h4-9,11-13H,3,10H2,1-2H3,(H,22,25)/b21-13+. The Morgan fingerprint density at radius 3 is 2.79 bits per heavy atom. The van der Waals surface area contributed by atoms with Crippen LogP contribution in [0, 0.1) is 10.1 Å². The zero-order valence-corrected chi connectivity index (χ0v) is 15.6. The number of aromatic nitrogens is 1. The molecule has 3 rings (SSSR count). The van der Waals surface area contributed by atoms with Crippen molar-refractivity contribution in [2.45, 2.75) is 13.3 Å². The molecular weight excluding hydrogens is 360 g/mol. The number of ether oxygens (including phenoxy) is 1. The minimum atomic E-state index is -0.504. The van der Waals surface area contributed by atoms with Crippen molar-refractivity contribution in [2.24, 2.45) is 12.1 Å². The fourth-order valence-corrected chi connectivity index (χ4v) is 2.82. The highest BCUT2D eigenvalue weighted by Gasteiger charge is 2.16. The summed E-state index contributed by atoms with van der Waals surface area (Å²) in [6.45, 7) is 2.32. The van der Waals surface area contributed by atoms with E-state index in [0.717, 1.165) is 17.3 Å². The van der Waals surface area contributed by atoms with Gasteiger partial charge in [-0.25, -0.2) is 5.43 Å². The van der Waals surface area contributed by atoms with Crippen molar-refractivity contribution in [2.75, 3.05) is 6.61 Å². The van der Waals surface area contributed by atoms with E-state index in [9.17, 15) is 14.9 Å². The van der Waals surface area contributed by atoms with Crippen LogP contribution in [0.1, 0.15) is 29.4 Å². The Hall–Kier alpha value is -3.68. The number of rotatable bonds is 7. The van der Waals surface area contributed by atoms with Gasteiger partial charge >= 0.3 is 5.69 Å². The number of carbonyl (C=O) groups excluding carboxylic acids is 1. The lowest BCUT2D eigenvalue weighted by Crippen LogP contribution is -2.20. The highest BCUT2D eigenvalue weighted by Crippen LogP contribution is 2.27. The smallest absolute Gasteiger partial charge is 0.311 e. The first-order valence-corrected chi connectivity index (χ1v) is 8.80. The van der Waals surface area contributed by atoms with Crippen LogP contribution in [0.2, 0.25) is 0 Å². The third-order valence-electron chi connectivity index (χ3n) is 4.21. The molecule has 0 spiro atoms. The topological polar surface area (TPSA) is 98.8 Å². The number of fused-ring (bicyclic) bond motifs is 1.